The molecule has 0 N–H and O–H groups in total. The summed E-state index contributed by atoms with van der Waals surface area (Å²) in [7, 11) is 1.63. The Bertz CT molecular complexity index is 1480. The average molecular weight is 568 g/mol. The Morgan fingerprint density at radius 1 is 1.02 bits per heavy atom. The van der Waals surface area contributed by atoms with Crippen LogP contribution in [0, 0.1) is 6.92 Å². The van der Waals surface area contributed by atoms with Crippen LogP contribution in [0.1, 0.15) is 36.0 Å². The molecule has 10 heteroatoms. The van der Waals surface area contributed by atoms with Crippen molar-refractivity contribution in [3.05, 3.63) is 89.7 Å². The second-order valence-corrected chi connectivity index (χ2v) is 9.91. The fourth-order valence-electron chi connectivity index (χ4n) is 4.25. The van der Waals surface area contributed by atoms with Crippen molar-refractivity contribution in [3.63, 3.8) is 0 Å². The van der Waals surface area contributed by atoms with E-state index in [4.69, 9.17) is 17.0 Å². The molecular formula is C30H28F3N3O3S. The summed E-state index contributed by atoms with van der Waals surface area (Å²) in [6.45, 7) is 2.00. The van der Waals surface area contributed by atoms with Gasteiger partial charge in [-0.2, -0.15) is 0 Å². The zero-order valence-corrected chi connectivity index (χ0v) is 22.9. The maximum absolute atomic E-state index is 12.5. The summed E-state index contributed by atoms with van der Waals surface area (Å²) in [5.74, 6) is 1.09. The lowest BCUT2D eigenvalue weighted by Gasteiger charge is -2.09. The number of aryl methyl sites for hydroxylation is 2. The Hall–Kier alpha value is -4.05. The van der Waals surface area contributed by atoms with Gasteiger partial charge in [0.2, 0.25) is 0 Å². The van der Waals surface area contributed by atoms with Crippen molar-refractivity contribution in [2.45, 2.75) is 45.4 Å². The van der Waals surface area contributed by atoms with Crippen LogP contribution in [-0.2, 0) is 17.6 Å². The van der Waals surface area contributed by atoms with Crippen LogP contribution in [0.2, 0.25) is 0 Å². The number of alkyl halides is 3. The number of hydrogen-bond donors (Lipinski definition) is 0. The molecule has 4 aromatic rings. The van der Waals surface area contributed by atoms with Gasteiger partial charge in [-0.3, -0.25) is 4.79 Å². The molecule has 0 aliphatic carbocycles. The Morgan fingerprint density at radius 2 is 1.77 bits per heavy atom. The van der Waals surface area contributed by atoms with Crippen LogP contribution in [0.5, 0.6) is 11.5 Å². The summed E-state index contributed by atoms with van der Waals surface area (Å²) in [6.07, 6.45) is -0.533. The quantitative estimate of drug-likeness (QED) is 0.171. The first-order valence-corrected chi connectivity index (χ1v) is 13.0. The van der Waals surface area contributed by atoms with Gasteiger partial charge >= 0.3 is 6.36 Å². The van der Waals surface area contributed by atoms with Crippen LogP contribution in [0.4, 0.5) is 13.2 Å². The van der Waals surface area contributed by atoms with E-state index < -0.39 is 6.36 Å². The lowest BCUT2D eigenvalue weighted by atomic mass is 9.99. The van der Waals surface area contributed by atoms with Gasteiger partial charge in [0.1, 0.15) is 23.6 Å². The highest BCUT2D eigenvalue weighted by Crippen LogP contribution is 2.24. The van der Waals surface area contributed by atoms with Crippen LogP contribution >= 0.6 is 12.2 Å². The Morgan fingerprint density at radius 3 is 2.48 bits per heavy atom. The van der Waals surface area contributed by atoms with E-state index in [0.29, 0.717) is 37.2 Å². The van der Waals surface area contributed by atoms with E-state index in [0.717, 1.165) is 32.9 Å². The van der Waals surface area contributed by atoms with Crippen molar-refractivity contribution in [2.75, 3.05) is 7.11 Å². The SMILES string of the molecule is COc1ccc(CC(=S)CC(=O)CCCc2cccc(-c3ncn(-c4ccc(OC(F)(F)F)cc4)n3)c2)c(C)c1. The van der Waals surface area contributed by atoms with E-state index in [9.17, 15) is 18.0 Å². The summed E-state index contributed by atoms with van der Waals surface area (Å²) in [6, 6.07) is 19.0. The topological polar surface area (TPSA) is 66.2 Å². The maximum Gasteiger partial charge on any atom is 0.573 e. The highest BCUT2D eigenvalue weighted by Gasteiger charge is 2.31. The fraction of sp³-hybridized carbons (Fsp3) is 0.267. The molecule has 0 fully saturated rings. The van der Waals surface area contributed by atoms with Crippen LogP contribution < -0.4 is 9.47 Å². The monoisotopic (exact) mass is 567 g/mol. The average Bonchev–Trinajstić information content (AvgIpc) is 3.40. The largest absolute Gasteiger partial charge is 0.573 e. The van der Waals surface area contributed by atoms with E-state index in [1.807, 2.05) is 49.4 Å². The van der Waals surface area contributed by atoms with Gasteiger partial charge in [0, 0.05) is 29.7 Å². The summed E-state index contributed by atoms with van der Waals surface area (Å²) in [5.41, 5.74) is 4.58. The minimum absolute atomic E-state index is 0.124. The summed E-state index contributed by atoms with van der Waals surface area (Å²) in [4.78, 5) is 17.6. The zero-order chi connectivity index (χ0) is 28.7. The molecule has 40 heavy (non-hydrogen) atoms. The van der Waals surface area contributed by atoms with E-state index in [1.165, 1.54) is 35.3 Å². The van der Waals surface area contributed by atoms with E-state index in [-0.39, 0.29) is 18.0 Å². The molecule has 0 bridgehead atoms. The molecule has 4 rings (SSSR count). The van der Waals surface area contributed by atoms with Gasteiger partial charge in [-0.05, 0) is 78.9 Å². The standard InChI is InChI=1S/C30H28F3N3O3S/c1-20-15-27(38-2)12-9-22(20)17-28(40)18-25(37)8-4-6-21-5-3-7-23(16-21)29-34-19-36(35-29)24-10-13-26(14-11-24)39-30(31,32)33/h3,5,7,9-16,19H,4,6,8,17-18H2,1-2H3. The predicted octanol–water partition coefficient (Wildman–Crippen LogP) is 7.04. The number of carbonyl (C=O) groups excluding carboxylic acids is 1. The van der Waals surface area contributed by atoms with Crippen molar-refractivity contribution < 1.29 is 27.4 Å². The lowest BCUT2D eigenvalue weighted by Crippen LogP contribution is -2.17. The molecule has 1 heterocycles. The first-order chi connectivity index (χ1) is 19.1. The number of aromatic nitrogens is 3. The van der Waals surface area contributed by atoms with Gasteiger partial charge in [0.25, 0.3) is 0 Å². The summed E-state index contributed by atoms with van der Waals surface area (Å²) >= 11 is 5.49. The highest BCUT2D eigenvalue weighted by atomic mass is 32.1. The Balaban J connectivity index is 1.28. The highest BCUT2D eigenvalue weighted by molar-refractivity contribution is 7.80. The second kappa shape index (κ2) is 12.9. The van der Waals surface area contributed by atoms with Crippen molar-refractivity contribution in [3.8, 4) is 28.6 Å². The molecule has 0 saturated heterocycles. The number of thiocarbonyl (C=S) groups is 1. The number of ketones is 1. The molecule has 0 atom stereocenters. The predicted molar refractivity (Wildman–Crippen MR) is 150 cm³/mol. The third kappa shape index (κ3) is 8.22. The smallest absolute Gasteiger partial charge is 0.497 e. The third-order valence-corrected chi connectivity index (χ3v) is 6.55. The lowest BCUT2D eigenvalue weighted by molar-refractivity contribution is -0.274. The minimum Gasteiger partial charge on any atom is -0.497 e. The molecule has 0 radical (unpaired) electrons. The number of halogens is 3. The zero-order valence-electron chi connectivity index (χ0n) is 22.1. The molecule has 208 valence electrons. The molecule has 6 nitrogen and oxygen atoms in total. The molecule has 1 aromatic heterocycles. The van der Waals surface area contributed by atoms with Gasteiger partial charge < -0.3 is 9.47 Å². The summed E-state index contributed by atoms with van der Waals surface area (Å²) < 4.78 is 47.8. The minimum atomic E-state index is -4.75. The molecular weight excluding hydrogens is 539 g/mol. The molecule has 0 aliphatic heterocycles. The maximum atomic E-state index is 12.5. The van der Waals surface area contributed by atoms with Crippen LogP contribution in [0.15, 0.2) is 73.1 Å². The van der Waals surface area contributed by atoms with Crippen LogP contribution in [-0.4, -0.2) is 38.9 Å². The van der Waals surface area contributed by atoms with Crippen molar-refractivity contribution in [1.82, 2.24) is 14.8 Å². The molecule has 0 amide bonds. The Labute approximate surface area is 235 Å². The van der Waals surface area contributed by atoms with E-state index in [2.05, 4.69) is 14.8 Å². The fourth-order valence-corrected chi connectivity index (χ4v) is 4.57. The summed E-state index contributed by atoms with van der Waals surface area (Å²) in [5, 5.41) is 4.45. The number of Topliss-reactive ketones (excluding diaryl/α,β-unsaturated/α-hetero) is 1. The number of methoxy groups -OCH3 is 1. The van der Waals surface area contributed by atoms with Crippen molar-refractivity contribution >= 4 is 22.9 Å². The number of carbonyl (C=O) groups is 1. The second-order valence-electron chi connectivity index (χ2n) is 9.33. The van der Waals surface area contributed by atoms with Gasteiger partial charge in [-0.1, -0.05) is 36.5 Å². The van der Waals surface area contributed by atoms with E-state index >= 15 is 0 Å². The molecule has 0 saturated carbocycles. The molecule has 0 aliphatic rings. The van der Waals surface area contributed by atoms with Crippen molar-refractivity contribution in [2.24, 2.45) is 0 Å². The van der Waals surface area contributed by atoms with Gasteiger partial charge in [-0.15, -0.1) is 18.3 Å². The third-order valence-electron chi connectivity index (χ3n) is 6.26. The molecule has 3 aromatic carbocycles. The molecule has 0 unspecified atom stereocenters. The van der Waals surface area contributed by atoms with E-state index in [1.54, 1.807) is 7.11 Å². The van der Waals surface area contributed by atoms with Gasteiger partial charge in [-0.25, -0.2) is 9.67 Å². The number of ether oxygens (including phenoxy) is 2. The Kier molecular flexibility index (Phi) is 9.31. The van der Waals surface area contributed by atoms with Gasteiger partial charge in [0.05, 0.1) is 12.8 Å². The normalized spacial score (nSPS) is 11.3. The van der Waals surface area contributed by atoms with Crippen LogP contribution in [0.25, 0.3) is 17.1 Å². The first-order valence-electron chi connectivity index (χ1n) is 12.6. The van der Waals surface area contributed by atoms with Crippen molar-refractivity contribution in [1.29, 1.82) is 0 Å². The number of nitrogens with zero attached hydrogens (tertiary/aromatic N) is 3. The molecule has 0 spiro atoms. The number of rotatable bonds is 12. The number of benzene rings is 3. The first kappa shape index (κ1) is 28.9. The van der Waals surface area contributed by atoms with Crippen LogP contribution in [0.3, 0.4) is 0 Å². The van der Waals surface area contributed by atoms with Gasteiger partial charge in [0.15, 0.2) is 5.82 Å². The number of hydrogen-bond acceptors (Lipinski definition) is 6.